The van der Waals surface area contributed by atoms with E-state index in [-0.39, 0.29) is 11.6 Å². The minimum atomic E-state index is -0.491. The van der Waals surface area contributed by atoms with Crippen LogP contribution in [0.15, 0.2) is 77.0 Å². The van der Waals surface area contributed by atoms with E-state index in [0.29, 0.717) is 29.4 Å². The average Bonchev–Trinajstić information content (AvgIpc) is 3.22. The molecule has 0 saturated heterocycles. The lowest BCUT2D eigenvalue weighted by Gasteiger charge is -2.14. The number of hydrogen-bond acceptors (Lipinski definition) is 4. The number of hydrogen-bond donors (Lipinski definition) is 2. The summed E-state index contributed by atoms with van der Waals surface area (Å²) in [6.07, 6.45) is 2.97. The normalized spacial score (nSPS) is 11.0. The Morgan fingerprint density at radius 1 is 1.07 bits per heavy atom. The summed E-state index contributed by atoms with van der Waals surface area (Å²) < 4.78 is 10.8. The van der Waals surface area contributed by atoms with Crippen LogP contribution in [0.1, 0.15) is 28.6 Å². The zero-order chi connectivity index (χ0) is 20.6. The van der Waals surface area contributed by atoms with Gasteiger partial charge in [-0.2, -0.15) is 0 Å². The van der Waals surface area contributed by atoms with Crippen molar-refractivity contribution in [2.75, 3.05) is 11.9 Å². The van der Waals surface area contributed by atoms with Crippen molar-refractivity contribution in [1.82, 2.24) is 5.32 Å². The second-order valence-electron chi connectivity index (χ2n) is 6.28. The van der Waals surface area contributed by atoms with Crippen molar-refractivity contribution in [3.63, 3.8) is 0 Å². The van der Waals surface area contributed by atoms with Gasteiger partial charge in [-0.15, -0.1) is 0 Å². The van der Waals surface area contributed by atoms with Crippen LogP contribution in [0.5, 0.6) is 5.75 Å². The molecular weight excluding hydrogens is 368 g/mol. The number of carbonyl (C=O) groups is 2. The summed E-state index contributed by atoms with van der Waals surface area (Å²) in [7, 11) is 0. The van der Waals surface area contributed by atoms with Gasteiger partial charge in [0.05, 0.1) is 18.6 Å². The van der Waals surface area contributed by atoms with Gasteiger partial charge in [0.25, 0.3) is 11.8 Å². The van der Waals surface area contributed by atoms with E-state index in [2.05, 4.69) is 10.6 Å². The fourth-order valence-corrected chi connectivity index (χ4v) is 2.70. The molecule has 0 unspecified atom stereocenters. The van der Waals surface area contributed by atoms with Gasteiger partial charge >= 0.3 is 0 Å². The molecule has 0 atom stereocenters. The number of benzene rings is 2. The molecule has 1 aromatic heterocycles. The second kappa shape index (κ2) is 9.41. The highest BCUT2D eigenvalue weighted by Gasteiger charge is 2.17. The summed E-state index contributed by atoms with van der Waals surface area (Å²) in [6.45, 7) is 4.22. The lowest BCUT2D eigenvalue weighted by atomic mass is 10.1. The average molecular weight is 390 g/mol. The van der Waals surface area contributed by atoms with E-state index >= 15 is 0 Å². The number of carbonyl (C=O) groups excluding carboxylic acids is 2. The van der Waals surface area contributed by atoms with E-state index in [1.807, 2.05) is 26.0 Å². The maximum atomic E-state index is 12.9. The third-order valence-electron chi connectivity index (χ3n) is 4.04. The van der Waals surface area contributed by atoms with Gasteiger partial charge in [0.15, 0.2) is 0 Å². The Bertz CT molecular complexity index is 1020. The monoisotopic (exact) mass is 390 g/mol. The predicted octanol–water partition coefficient (Wildman–Crippen LogP) is 4.40. The van der Waals surface area contributed by atoms with E-state index in [4.69, 9.17) is 9.15 Å². The molecule has 3 aromatic rings. The molecule has 0 aliphatic carbocycles. The van der Waals surface area contributed by atoms with E-state index < -0.39 is 5.91 Å². The van der Waals surface area contributed by atoms with Crippen LogP contribution in [0.2, 0.25) is 0 Å². The third kappa shape index (κ3) is 5.35. The first-order valence-electron chi connectivity index (χ1n) is 9.23. The number of amides is 2. The van der Waals surface area contributed by atoms with Crippen LogP contribution in [0.3, 0.4) is 0 Å². The van der Waals surface area contributed by atoms with E-state index in [1.165, 1.54) is 12.3 Å². The predicted molar refractivity (Wildman–Crippen MR) is 112 cm³/mol. The molecular formula is C23H22N2O4. The molecule has 0 saturated carbocycles. The second-order valence-corrected chi connectivity index (χ2v) is 6.28. The maximum absolute atomic E-state index is 12.9. The quantitative estimate of drug-likeness (QED) is 0.586. The number of rotatable bonds is 7. The molecule has 0 aliphatic rings. The SMILES string of the molecule is CCOc1ccccc1NC(=O)/C(=C/c1ccco1)NC(=O)c1cccc(C)c1. The molecule has 2 N–H and O–H groups in total. The van der Waals surface area contributed by atoms with Crippen molar-refractivity contribution in [1.29, 1.82) is 0 Å². The highest BCUT2D eigenvalue weighted by molar-refractivity contribution is 6.11. The van der Waals surface area contributed by atoms with E-state index in [1.54, 1.807) is 48.5 Å². The standard InChI is InChI=1S/C23H22N2O4/c1-3-28-21-12-5-4-11-19(21)24-23(27)20(15-18-10-7-13-29-18)25-22(26)17-9-6-8-16(2)14-17/h4-15H,3H2,1-2H3,(H,24,27)(H,25,26)/b20-15-. The highest BCUT2D eigenvalue weighted by Crippen LogP contribution is 2.24. The van der Waals surface area contributed by atoms with Crippen LogP contribution >= 0.6 is 0 Å². The summed E-state index contributed by atoms with van der Waals surface area (Å²) >= 11 is 0. The molecule has 2 amide bonds. The van der Waals surface area contributed by atoms with Crippen molar-refractivity contribution in [2.24, 2.45) is 0 Å². The van der Waals surface area contributed by atoms with Gasteiger partial charge in [0.2, 0.25) is 0 Å². The van der Waals surface area contributed by atoms with Crippen molar-refractivity contribution >= 4 is 23.6 Å². The minimum Gasteiger partial charge on any atom is -0.492 e. The topological polar surface area (TPSA) is 80.6 Å². The van der Waals surface area contributed by atoms with Crippen molar-refractivity contribution in [2.45, 2.75) is 13.8 Å². The number of aryl methyl sites for hydroxylation is 1. The fourth-order valence-electron chi connectivity index (χ4n) is 2.70. The maximum Gasteiger partial charge on any atom is 0.272 e. The Hall–Kier alpha value is -3.80. The van der Waals surface area contributed by atoms with Crippen LogP contribution in [-0.2, 0) is 4.79 Å². The number of ether oxygens (including phenoxy) is 1. The molecule has 0 radical (unpaired) electrons. The minimum absolute atomic E-state index is 0.0535. The molecule has 2 aromatic carbocycles. The van der Waals surface area contributed by atoms with Crippen LogP contribution in [0, 0.1) is 6.92 Å². The molecule has 29 heavy (non-hydrogen) atoms. The van der Waals surface area contributed by atoms with Crippen molar-refractivity contribution in [3.8, 4) is 5.75 Å². The van der Waals surface area contributed by atoms with Gasteiger partial charge < -0.3 is 19.8 Å². The Balaban J connectivity index is 1.86. The number of furan rings is 1. The Labute approximate surface area is 169 Å². The molecule has 1 heterocycles. The first kappa shape index (κ1) is 19.9. The van der Waals surface area contributed by atoms with Crippen molar-refractivity contribution < 1.29 is 18.7 Å². The summed E-state index contributed by atoms with van der Waals surface area (Å²) in [6, 6.07) is 17.6. The molecule has 6 nitrogen and oxygen atoms in total. The lowest BCUT2D eigenvalue weighted by molar-refractivity contribution is -0.113. The number of anilines is 1. The highest BCUT2D eigenvalue weighted by atomic mass is 16.5. The van der Waals surface area contributed by atoms with Crippen LogP contribution in [0.4, 0.5) is 5.69 Å². The fraction of sp³-hybridized carbons (Fsp3) is 0.130. The molecule has 0 bridgehead atoms. The van der Waals surface area contributed by atoms with Gasteiger partial charge in [-0.25, -0.2) is 0 Å². The number of nitrogens with one attached hydrogen (secondary N) is 2. The number of para-hydroxylation sites is 2. The van der Waals surface area contributed by atoms with Crippen LogP contribution < -0.4 is 15.4 Å². The molecule has 3 rings (SSSR count). The largest absolute Gasteiger partial charge is 0.492 e. The molecule has 0 fully saturated rings. The molecule has 148 valence electrons. The Morgan fingerprint density at radius 3 is 2.62 bits per heavy atom. The third-order valence-corrected chi connectivity index (χ3v) is 4.04. The first-order chi connectivity index (χ1) is 14.1. The van der Waals surface area contributed by atoms with Gasteiger partial charge in [-0.05, 0) is 50.2 Å². The van der Waals surface area contributed by atoms with Gasteiger partial charge in [0.1, 0.15) is 17.2 Å². The summed E-state index contributed by atoms with van der Waals surface area (Å²) in [5, 5.41) is 5.47. The molecule has 6 heteroatoms. The van der Waals surface area contributed by atoms with Gasteiger partial charge in [-0.3, -0.25) is 9.59 Å². The van der Waals surface area contributed by atoms with E-state index in [0.717, 1.165) is 5.56 Å². The van der Waals surface area contributed by atoms with Gasteiger partial charge in [0, 0.05) is 11.6 Å². The first-order valence-corrected chi connectivity index (χ1v) is 9.23. The van der Waals surface area contributed by atoms with Gasteiger partial charge in [-0.1, -0.05) is 29.8 Å². The smallest absolute Gasteiger partial charge is 0.272 e. The molecule has 0 aliphatic heterocycles. The Morgan fingerprint density at radius 2 is 1.90 bits per heavy atom. The van der Waals surface area contributed by atoms with E-state index in [9.17, 15) is 9.59 Å². The van der Waals surface area contributed by atoms with Crippen molar-refractivity contribution in [3.05, 3.63) is 89.5 Å². The lowest BCUT2D eigenvalue weighted by Crippen LogP contribution is -2.30. The van der Waals surface area contributed by atoms with Crippen LogP contribution in [0.25, 0.3) is 6.08 Å². The zero-order valence-electron chi connectivity index (χ0n) is 16.3. The summed E-state index contributed by atoms with van der Waals surface area (Å²) in [5.41, 5.74) is 1.97. The molecule has 0 spiro atoms. The zero-order valence-corrected chi connectivity index (χ0v) is 16.3. The summed E-state index contributed by atoms with van der Waals surface area (Å²) in [5.74, 6) is 0.109. The Kier molecular flexibility index (Phi) is 6.47. The van der Waals surface area contributed by atoms with Crippen LogP contribution in [-0.4, -0.2) is 18.4 Å². The summed E-state index contributed by atoms with van der Waals surface area (Å²) in [4.78, 5) is 25.6.